The third-order valence-electron chi connectivity index (χ3n) is 3.54. The minimum absolute atomic E-state index is 0.109. The number of ether oxygens (including phenoxy) is 2. The van der Waals surface area contributed by atoms with Crippen molar-refractivity contribution in [2.45, 2.75) is 25.5 Å². The number of hydrogen-bond donors (Lipinski definition) is 2. The van der Waals surface area contributed by atoms with Crippen LogP contribution in [0.5, 0.6) is 0 Å². The fraction of sp³-hybridized carbons (Fsp3) is 0.600. The molecule has 0 radical (unpaired) electrons. The molecule has 1 heterocycles. The largest absolute Gasteiger partial charge is 0.385 e. The predicted octanol–water partition coefficient (Wildman–Crippen LogP) is 1.80. The van der Waals surface area contributed by atoms with Gasteiger partial charge < -0.3 is 20.1 Å². The van der Waals surface area contributed by atoms with E-state index >= 15 is 0 Å². The Kier molecular flexibility index (Phi) is 5.63. The SMILES string of the molecule is COCC(CNCc1cccc2c1NCCC2)OC. The van der Waals surface area contributed by atoms with Gasteiger partial charge in [0.05, 0.1) is 12.7 Å². The van der Waals surface area contributed by atoms with E-state index in [2.05, 4.69) is 28.8 Å². The summed E-state index contributed by atoms with van der Waals surface area (Å²) in [7, 11) is 3.42. The van der Waals surface area contributed by atoms with Gasteiger partial charge in [-0.25, -0.2) is 0 Å². The number of rotatable bonds is 7. The molecule has 2 N–H and O–H groups in total. The number of para-hydroxylation sites is 1. The Labute approximate surface area is 115 Å². The van der Waals surface area contributed by atoms with Crippen molar-refractivity contribution in [1.82, 2.24) is 5.32 Å². The number of hydrogen-bond acceptors (Lipinski definition) is 4. The van der Waals surface area contributed by atoms with Crippen molar-refractivity contribution in [1.29, 1.82) is 0 Å². The van der Waals surface area contributed by atoms with Crippen molar-refractivity contribution in [2.24, 2.45) is 0 Å². The lowest BCUT2D eigenvalue weighted by atomic mass is 9.99. The number of fused-ring (bicyclic) bond motifs is 1. The highest BCUT2D eigenvalue weighted by atomic mass is 16.5. The summed E-state index contributed by atoms with van der Waals surface area (Å²) < 4.78 is 10.4. The zero-order chi connectivity index (χ0) is 13.5. The molecule has 1 unspecified atom stereocenters. The minimum atomic E-state index is 0.109. The summed E-state index contributed by atoms with van der Waals surface area (Å²) in [6.45, 7) is 3.36. The van der Waals surface area contributed by atoms with Crippen LogP contribution in [0.25, 0.3) is 0 Å². The number of methoxy groups -OCH3 is 2. The fourth-order valence-electron chi connectivity index (χ4n) is 2.49. The molecule has 1 aromatic carbocycles. The topological polar surface area (TPSA) is 42.5 Å². The van der Waals surface area contributed by atoms with E-state index < -0.39 is 0 Å². The van der Waals surface area contributed by atoms with Gasteiger partial charge >= 0.3 is 0 Å². The summed E-state index contributed by atoms with van der Waals surface area (Å²) >= 11 is 0. The molecule has 1 aliphatic heterocycles. The maximum Gasteiger partial charge on any atom is 0.0928 e. The van der Waals surface area contributed by atoms with E-state index in [9.17, 15) is 0 Å². The third-order valence-corrected chi connectivity index (χ3v) is 3.54. The normalized spacial score (nSPS) is 15.7. The van der Waals surface area contributed by atoms with Crippen LogP contribution in [-0.2, 0) is 22.4 Å². The first-order chi connectivity index (χ1) is 9.35. The van der Waals surface area contributed by atoms with E-state index in [1.807, 2.05) is 0 Å². The van der Waals surface area contributed by atoms with Crippen LogP contribution in [0.2, 0.25) is 0 Å². The molecule has 4 nitrogen and oxygen atoms in total. The van der Waals surface area contributed by atoms with Gasteiger partial charge in [0.1, 0.15) is 0 Å². The zero-order valence-electron chi connectivity index (χ0n) is 11.9. The Hall–Kier alpha value is -1.10. The van der Waals surface area contributed by atoms with Gasteiger partial charge in [0, 0.05) is 39.5 Å². The summed E-state index contributed by atoms with van der Waals surface area (Å²) in [5.41, 5.74) is 4.09. The highest BCUT2D eigenvalue weighted by Gasteiger charge is 2.12. The predicted molar refractivity (Wildman–Crippen MR) is 77.6 cm³/mol. The minimum Gasteiger partial charge on any atom is -0.385 e. The van der Waals surface area contributed by atoms with Crippen molar-refractivity contribution < 1.29 is 9.47 Å². The number of aryl methyl sites for hydroxylation is 1. The third kappa shape index (κ3) is 3.93. The lowest BCUT2D eigenvalue weighted by Crippen LogP contribution is -2.31. The molecule has 0 bridgehead atoms. The number of nitrogens with one attached hydrogen (secondary N) is 2. The van der Waals surface area contributed by atoms with Gasteiger partial charge in [-0.05, 0) is 24.0 Å². The van der Waals surface area contributed by atoms with E-state index in [0.717, 1.165) is 19.6 Å². The molecule has 1 atom stereocenters. The molecular weight excluding hydrogens is 240 g/mol. The van der Waals surface area contributed by atoms with Crippen LogP contribution in [0.15, 0.2) is 18.2 Å². The molecule has 0 aromatic heterocycles. The molecular formula is C15H24N2O2. The lowest BCUT2D eigenvalue weighted by Gasteiger charge is -2.22. The van der Waals surface area contributed by atoms with Crippen LogP contribution in [-0.4, -0.2) is 40.0 Å². The van der Waals surface area contributed by atoms with E-state index in [-0.39, 0.29) is 6.10 Å². The van der Waals surface area contributed by atoms with Crippen molar-refractivity contribution in [3.05, 3.63) is 29.3 Å². The van der Waals surface area contributed by atoms with Crippen LogP contribution in [0.4, 0.5) is 5.69 Å². The molecule has 1 aromatic rings. The Bertz CT molecular complexity index is 396. The Morgan fingerprint density at radius 3 is 3.05 bits per heavy atom. The molecule has 0 aliphatic carbocycles. The smallest absolute Gasteiger partial charge is 0.0928 e. The molecule has 4 heteroatoms. The molecule has 0 amide bonds. The fourth-order valence-corrected chi connectivity index (χ4v) is 2.49. The maximum atomic E-state index is 5.34. The quantitative estimate of drug-likeness (QED) is 0.788. The first kappa shape index (κ1) is 14.3. The van der Waals surface area contributed by atoms with Gasteiger partial charge in [0.25, 0.3) is 0 Å². The number of anilines is 1. The first-order valence-corrected chi connectivity index (χ1v) is 6.92. The van der Waals surface area contributed by atoms with Gasteiger partial charge in [0.2, 0.25) is 0 Å². The van der Waals surface area contributed by atoms with E-state index in [4.69, 9.17) is 9.47 Å². The van der Waals surface area contributed by atoms with Gasteiger partial charge in [-0.1, -0.05) is 18.2 Å². The van der Waals surface area contributed by atoms with Gasteiger partial charge in [-0.2, -0.15) is 0 Å². The second-order valence-corrected chi connectivity index (χ2v) is 4.93. The maximum absolute atomic E-state index is 5.34. The summed E-state index contributed by atoms with van der Waals surface area (Å²) in [6.07, 6.45) is 2.52. The highest BCUT2D eigenvalue weighted by Crippen LogP contribution is 2.25. The average Bonchev–Trinajstić information content (AvgIpc) is 2.46. The molecule has 106 valence electrons. The summed E-state index contributed by atoms with van der Waals surface area (Å²) in [5, 5.41) is 6.96. The lowest BCUT2D eigenvalue weighted by molar-refractivity contribution is 0.0288. The summed E-state index contributed by atoms with van der Waals surface area (Å²) in [6, 6.07) is 6.54. The zero-order valence-corrected chi connectivity index (χ0v) is 11.9. The van der Waals surface area contributed by atoms with Gasteiger partial charge in [0.15, 0.2) is 0 Å². The van der Waals surface area contributed by atoms with Crippen LogP contribution < -0.4 is 10.6 Å². The van der Waals surface area contributed by atoms with Crippen LogP contribution in [0.3, 0.4) is 0 Å². The summed E-state index contributed by atoms with van der Waals surface area (Å²) in [4.78, 5) is 0. The van der Waals surface area contributed by atoms with Crippen LogP contribution in [0.1, 0.15) is 17.5 Å². The van der Waals surface area contributed by atoms with Crippen LogP contribution >= 0.6 is 0 Å². The highest BCUT2D eigenvalue weighted by molar-refractivity contribution is 5.59. The van der Waals surface area contributed by atoms with Crippen LogP contribution in [0, 0.1) is 0 Å². The van der Waals surface area contributed by atoms with Gasteiger partial charge in [-0.3, -0.25) is 0 Å². The standard InChI is InChI=1S/C15H24N2O2/c1-18-11-14(19-2)10-16-9-13-6-3-5-12-7-4-8-17-15(12)13/h3,5-6,14,16-17H,4,7-11H2,1-2H3. The monoisotopic (exact) mass is 264 g/mol. The van der Waals surface area contributed by atoms with E-state index in [1.165, 1.54) is 29.7 Å². The molecule has 0 fully saturated rings. The molecule has 2 rings (SSSR count). The van der Waals surface area contributed by atoms with E-state index in [0.29, 0.717) is 6.61 Å². The molecule has 0 saturated heterocycles. The van der Waals surface area contributed by atoms with Crippen molar-refractivity contribution in [3.63, 3.8) is 0 Å². The second kappa shape index (κ2) is 7.48. The van der Waals surface area contributed by atoms with Crippen molar-refractivity contribution in [2.75, 3.05) is 39.2 Å². The Morgan fingerprint density at radius 1 is 1.37 bits per heavy atom. The van der Waals surface area contributed by atoms with E-state index in [1.54, 1.807) is 14.2 Å². The second-order valence-electron chi connectivity index (χ2n) is 4.93. The summed E-state index contributed by atoms with van der Waals surface area (Å²) in [5.74, 6) is 0. The Balaban J connectivity index is 1.89. The molecule has 0 saturated carbocycles. The average molecular weight is 264 g/mol. The van der Waals surface area contributed by atoms with Gasteiger partial charge in [-0.15, -0.1) is 0 Å². The van der Waals surface area contributed by atoms with Crippen molar-refractivity contribution in [3.8, 4) is 0 Å². The molecule has 1 aliphatic rings. The number of benzene rings is 1. The first-order valence-electron chi connectivity index (χ1n) is 6.92. The molecule has 19 heavy (non-hydrogen) atoms. The molecule has 0 spiro atoms. The Morgan fingerprint density at radius 2 is 2.26 bits per heavy atom. The van der Waals surface area contributed by atoms with Crippen molar-refractivity contribution >= 4 is 5.69 Å².